The normalized spacial score (nSPS) is 12.4. The predicted octanol–water partition coefficient (Wildman–Crippen LogP) is 1.58. The molecule has 0 fully saturated rings. The van der Waals surface area contributed by atoms with Gasteiger partial charge in [-0.2, -0.15) is 0 Å². The summed E-state index contributed by atoms with van der Waals surface area (Å²) in [4.78, 5) is 8.24. The lowest BCUT2D eigenvalue weighted by atomic mass is 10.3. The van der Waals surface area contributed by atoms with E-state index >= 15 is 0 Å². The lowest BCUT2D eigenvalue weighted by Crippen LogP contribution is -2.17. The number of rotatable bonds is 3. The van der Waals surface area contributed by atoms with Crippen LogP contribution in [0.25, 0.3) is 0 Å². The second kappa shape index (κ2) is 3.91. The highest BCUT2D eigenvalue weighted by molar-refractivity contribution is 5.06. The van der Waals surface area contributed by atoms with Crippen LogP contribution in [0.3, 0.4) is 0 Å². The largest absolute Gasteiger partial charge is 0.318 e. The molecule has 4 heteroatoms. The average Bonchev–Trinajstić information content (AvgIpc) is 2.72. The van der Waals surface area contributed by atoms with Crippen molar-refractivity contribution in [2.24, 2.45) is 0 Å². The molecule has 0 spiro atoms. The molecule has 0 aromatic carbocycles. The van der Waals surface area contributed by atoms with E-state index in [1.807, 2.05) is 36.1 Å². The molecule has 2 rings (SSSR count). The number of aromatic nitrogens is 3. The van der Waals surface area contributed by atoms with Crippen LogP contribution in [0.2, 0.25) is 0 Å². The zero-order valence-electron chi connectivity index (χ0n) is 7.96. The van der Waals surface area contributed by atoms with Crippen molar-refractivity contribution in [2.45, 2.75) is 13.0 Å². The van der Waals surface area contributed by atoms with Gasteiger partial charge in [-0.25, -0.2) is 0 Å². The zero-order chi connectivity index (χ0) is 9.80. The van der Waals surface area contributed by atoms with Crippen molar-refractivity contribution in [1.82, 2.24) is 14.6 Å². The summed E-state index contributed by atoms with van der Waals surface area (Å²) in [5.41, 5.74) is 4.18. The minimum atomic E-state index is 0.149. The fourth-order valence-corrected chi connectivity index (χ4v) is 1.24. The monoisotopic (exact) mass is 188 g/mol. The number of nitrogens with one attached hydrogen (secondary N) is 1. The van der Waals surface area contributed by atoms with Crippen molar-refractivity contribution < 1.29 is 0 Å². The summed E-state index contributed by atoms with van der Waals surface area (Å²) in [6.45, 7) is 2.05. The van der Waals surface area contributed by atoms with Crippen LogP contribution in [0.4, 0.5) is 0 Å². The quantitative estimate of drug-likeness (QED) is 0.795. The third kappa shape index (κ3) is 1.90. The molecule has 1 unspecified atom stereocenters. The van der Waals surface area contributed by atoms with Gasteiger partial charge in [0, 0.05) is 24.8 Å². The highest BCUT2D eigenvalue weighted by Gasteiger charge is 2.04. The van der Waals surface area contributed by atoms with Gasteiger partial charge in [0.15, 0.2) is 0 Å². The van der Waals surface area contributed by atoms with E-state index in [1.54, 1.807) is 18.6 Å². The van der Waals surface area contributed by atoms with Crippen molar-refractivity contribution in [3.05, 3.63) is 48.8 Å². The molecule has 2 aromatic rings. The van der Waals surface area contributed by atoms with Gasteiger partial charge in [-0.1, -0.05) is 0 Å². The van der Waals surface area contributed by atoms with Gasteiger partial charge in [0.25, 0.3) is 0 Å². The second-order valence-electron chi connectivity index (χ2n) is 3.07. The smallest absolute Gasteiger partial charge is 0.0832 e. The fourth-order valence-electron chi connectivity index (χ4n) is 1.24. The summed E-state index contributed by atoms with van der Waals surface area (Å²) in [7, 11) is 0. The Morgan fingerprint density at radius 1 is 1.29 bits per heavy atom. The summed E-state index contributed by atoms with van der Waals surface area (Å²) < 4.78 is 1.90. The van der Waals surface area contributed by atoms with Gasteiger partial charge < -0.3 is 5.43 Å². The first kappa shape index (κ1) is 8.74. The Morgan fingerprint density at radius 2 is 2.07 bits per heavy atom. The van der Waals surface area contributed by atoms with Gasteiger partial charge in [0.05, 0.1) is 17.9 Å². The van der Waals surface area contributed by atoms with E-state index in [0.717, 1.165) is 5.69 Å². The maximum atomic E-state index is 4.22. The van der Waals surface area contributed by atoms with Gasteiger partial charge in [-0.15, -0.1) is 0 Å². The Balaban J connectivity index is 2.07. The summed E-state index contributed by atoms with van der Waals surface area (Å²) in [5, 5.41) is 0. The molecule has 1 atom stereocenters. The van der Waals surface area contributed by atoms with Crippen molar-refractivity contribution >= 4 is 0 Å². The topological polar surface area (TPSA) is 42.7 Å². The van der Waals surface area contributed by atoms with Crippen LogP contribution in [0.15, 0.2) is 43.1 Å². The van der Waals surface area contributed by atoms with E-state index in [0.29, 0.717) is 0 Å². The molecule has 0 aliphatic carbocycles. The van der Waals surface area contributed by atoms with Gasteiger partial charge in [-0.05, 0) is 19.1 Å². The molecule has 0 amide bonds. The minimum absolute atomic E-state index is 0.149. The molecule has 14 heavy (non-hydrogen) atoms. The first-order chi connectivity index (χ1) is 6.86. The molecule has 0 saturated heterocycles. The van der Waals surface area contributed by atoms with Crippen LogP contribution in [-0.4, -0.2) is 14.6 Å². The highest BCUT2D eigenvalue weighted by Crippen LogP contribution is 2.07. The first-order valence-electron chi connectivity index (χ1n) is 4.51. The van der Waals surface area contributed by atoms with Crippen molar-refractivity contribution in [3.63, 3.8) is 0 Å². The Bertz CT molecular complexity index is 368. The van der Waals surface area contributed by atoms with Crippen molar-refractivity contribution in [2.75, 3.05) is 5.43 Å². The van der Waals surface area contributed by atoms with E-state index in [-0.39, 0.29) is 6.04 Å². The summed E-state index contributed by atoms with van der Waals surface area (Å²) >= 11 is 0. The van der Waals surface area contributed by atoms with E-state index in [1.165, 1.54) is 0 Å². The number of hydrogen-bond donors (Lipinski definition) is 1. The van der Waals surface area contributed by atoms with Gasteiger partial charge >= 0.3 is 0 Å². The molecular formula is C10H12N4. The third-order valence-corrected chi connectivity index (χ3v) is 1.97. The molecule has 0 bridgehead atoms. The molecule has 0 saturated carbocycles. The maximum Gasteiger partial charge on any atom is 0.0832 e. The van der Waals surface area contributed by atoms with Gasteiger partial charge in [0.1, 0.15) is 0 Å². The van der Waals surface area contributed by atoms with Crippen molar-refractivity contribution in [3.8, 4) is 0 Å². The standard InChI is InChI=1S/C10H12N4/c1-9(10-8-11-4-5-12-10)13-14-6-2-3-7-14/h2-9,13H,1H3. The van der Waals surface area contributed by atoms with Gasteiger partial charge in [-0.3, -0.25) is 14.6 Å². The van der Waals surface area contributed by atoms with Crippen molar-refractivity contribution in [1.29, 1.82) is 0 Å². The van der Waals surface area contributed by atoms with E-state index < -0.39 is 0 Å². The summed E-state index contributed by atoms with van der Waals surface area (Å²) in [6, 6.07) is 4.09. The average molecular weight is 188 g/mol. The van der Waals surface area contributed by atoms with Crippen LogP contribution >= 0.6 is 0 Å². The Labute approximate surface area is 82.6 Å². The van der Waals surface area contributed by atoms with Crippen LogP contribution in [0.1, 0.15) is 18.7 Å². The summed E-state index contributed by atoms with van der Waals surface area (Å²) in [5.74, 6) is 0. The SMILES string of the molecule is CC(Nn1cccc1)c1cnccn1. The Hall–Kier alpha value is -1.84. The molecule has 4 nitrogen and oxygen atoms in total. The molecule has 0 radical (unpaired) electrons. The molecule has 2 aromatic heterocycles. The Kier molecular flexibility index (Phi) is 2.44. The minimum Gasteiger partial charge on any atom is -0.318 e. The van der Waals surface area contributed by atoms with E-state index in [2.05, 4.69) is 15.4 Å². The van der Waals surface area contributed by atoms with Crippen LogP contribution < -0.4 is 5.43 Å². The maximum absolute atomic E-state index is 4.22. The molecule has 72 valence electrons. The molecule has 0 aliphatic heterocycles. The zero-order valence-corrected chi connectivity index (χ0v) is 7.96. The Morgan fingerprint density at radius 3 is 2.71 bits per heavy atom. The number of hydrogen-bond acceptors (Lipinski definition) is 3. The number of nitrogens with zero attached hydrogens (tertiary/aromatic N) is 3. The summed E-state index contributed by atoms with van der Waals surface area (Å²) in [6.07, 6.45) is 9.04. The van der Waals surface area contributed by atoms with Crippen LogP contribution in [0, 0.1) is 0 Å². The lowest BCUT2D eigenvalue weighted by Gasteiger charge is -2.14. The van der Waals surface area contributed by atoms with Gasteiger partial charge in [0.2, 0.25) is 0 Å². The molecule has 0 aliphatic rings. The van der Waals surface area contributed by atoms with E-state index in [4.69, 9.17) is 0 Å². The van der Waals surface area contributed by atoms with Crippen LogP contribution in [0.5, 0.6) is 0 Å². The van der Waals surface area contributed by atoms with E-state index in [9.17, 15) is 0 Å². The molecule has 1 N–H and O–H groups in total. The molecule has 2 heterocycles. The molecular weight excluding hydrogens is 176 g/mol. The first-order valence-corrected chi connectivity index (χ1v) is 4.51. The third-order valence-electron chi connectivity index (χ3n) is 1.97. The van der Waals surface area contributed by atoms with Crippen LogP contribution in [-0.2, 0) is 0 Å². The highest BCUT2D eigenvalue weighted by atomic mass is 15.4. The second-order valence-corrected chi connectivity index (χ2v) is 3.07. The lowest BCUT2D eigenvalue weighted by molar-refractivity contribution is 0.704. The fraction of sp³-hybridized carbons (Fsp3) is 0.200. The predicted molar refractivity (Wildman–Crippen MR) is 54.2 cm³/mol.